The number of para-hydroxylation sites is 1. The number of aryl methyl sites for hydroxylation is 1. The average Bonchev–Trinajstić information content (AvgIpc) is 3.26. The molecule has 2 N–H and O–H groups in total. The van der Waals surface area contributed by atoms with Crippen molar-refractivity contribution in [3.8, 4) is 6.07 Å². The fraction of sp³-hybridized carbons (Fsp3) is 0.407. The molecule has 0 atom stereocenters. The van der Waals surface area contributed by atoms with Crippen LogP contribution in [0.3, 0.4) is 0 Å². The van der Waals surface area contributed by atoms with Gasteiger partial charge < -0.3 is 20.1 Å². The topological polar surface area (TPSA) is 103 Å². The normalized spacial score (nSPS) is 20.5. The van der Waals surface area contributed by atoms with Crippen LogP contribution in [0.2, 0.25) is 5.02 Å². The Hall–Kier alpha value is -3.57. The number of amides is 3. The smallest absolute Gasteiger partial charge is 0.315 e. The fourth-order valence-corrected chi connectivity index (χ4v) is 5.67. The number of hydrogen-bond acceptors (Lipinski definition) is 4. The first-order valence-electron chi connectivity index (χ1n) is 12.3. The number of nitrogens with zero attached hydrogens (tertiary/aromatic N) is 4. The Balaban J connectivity index is 1.43. The van der Waals surface area contributed by atoms with E-state index in [-0.39, 0.29) is 24.0 Å². The van der Waals surface area contributed by atoms with Crippen molar-refractivity contribution in [1.82, 2.24) is 20.2 Å². The standard InChI is InChI=1S/C27H29ClN6O2/c1-17(2)30-26(36)31-19-14-27(15-19)20-7-3-4-8-22(20)34(25(27)35)16-24-32-21-13-18(28)9-10-23(21)33(24)12-6-5-11-29/h3-4,7-10,13,17,19H,5-6,12,14-16H2,1-2H3,(H2,30,31,36)/t19-,27+. The molecule has 2 aromatic carbocycles. The van der Waals surface area contributed by atoms with Crippen molar-refractivity contribution in [2.24, 2.45) is 0 Å². The molecule has 0 saturated heterocycles. The number of benzene rings is 2. The quantitative estimate of drug-likeness (QED) is 0.457. The zero-order valence-electron chi connectivity index (χ0n) is 20.4. The Labute approximate surface area is 215 Å². The number of aromatic nitrogens is 2. The molecule has 2 aliphatic rings. The van der Waals surface area contributed by atoms with Crippen molar-refractivity contribution < 1.29 is 9.59 Å². The molecule has 1 aromatic heterocycles. The molecule has 8 nitrogen and oxygen atoms in total. The molecule has 1 aliphatic carbocycles. The molecule has 1 spiro atoms. The van der Waals surface area contributed by atoms with E-state index in [1.54, 1.807) is 0 Å². The summed E-state index contributed by atoms with van der Waals surface area (Å²) in [7, 11) is 0. The van der Waals surface area contributed by atoms with Gasteiger partial charge in [0, 0.05) is 35.8 Å². The van der Waals surface area contributed by atoms with E-state index in [1.807, 2.05) is 61.2 Å². The number of urea groups is 1. The zero-order chi connectivity index (χ0) is 25.4. The van der Waals surface area contributed by atoms with Crippen LogP contribution in [-0.4, -0.2) is 33.6 Å². The lowest BCUT2D eigenvalue weighted by Gasteiger charge is -2.44. The summed E-state index contributed by atoms with van der Waals surface area (Å²) in [5.74, 6) is 0.801. The lowest BCUT2D eigenvalue weighted by Crippen LogP contribution is -2.59. The predicted octanol–water partition coefficient (Wildman–Crippen LogP) is 4.65. The molecule has 186 valence electrons. The van der Waals surface area contributed by atoms with Crippen molar-refractivity contribution in [2.75, 3.05) is 4.90 Å². The maximum Gasteiger partial charge on any atom is 0.315 e. The number of nitrogens with one attached hydrogen (secondary N) is 2. The first-order chi connectivity index (χ1) is 17.3. The molecule has 3 aromatic rings. The predicted molar refractivity (Wildman–Crippen MR) is 139 cm³/mol. The van der Waals surface area contributed by atoms with Crippen molar-refractivity contribution in [3.05, 3.63) is 58.9 Å². The van der Waals surface area contributed by atoms with Gasteiger partial charge in [-0.15, -0.1) is 0 Å². The Morgan fingerprint density at radius 2 is 2.06 bits per heavy atom. The zero-order valence-corrected chi connectivity index (χ0v) is 21.2. The lowest BCUT2D eigenvalue weighted by molar-refractivity contribution is -0.127. The molecule has 3 amide bonds. The second kappa shape index (κ2) is 9.47. The molecule has 5 rings (SSSR count). The number of rotatable bonds is 7. The number of fused-ring (bicyclic) bond motifs is 3. The molecular formula is C27H29ClN6O2. The van der Waals surface area contributed by atoms with Gasteiger partial charge in [0.15, 0.2) is 0 Å². The summed E-state index contributed by atoms with van der Waals surface area (Å²) in [5.41, 5.74) is 2.97. The Morgan fingerprint density at radius 1 is 1.28 bits per heavy atom. The first kappa shape index (κ1) is 24.1. The van der Waals surface area contributed by atoms with Gasteiger partial charge in [0.05, 0.1) is 29.1 Å². The van der Waals surface area contributed by atoms with Crippen molar-refractivity contribution in [2.45, 2.75) is 70.1 Å². The number of unbranched alkanes of at least 4 members (excludes halogenated alkanes) is 1. The summed E-state index contributed by atoms with van der Waals surface area (Å²) in [6.45, 7) is 4.78. The molecular weight excluding hydrogens is 476 g/mol. The van der Waals surface area contributed by atoms with Crippen molar-refractivity contribution in [1.29, 1.82) is 5.26 Å². The van der Waals surface area contributed by atoms with E-state index in [9.17, 15) is 9.59 Å². The third-order valence-corrected chi connectivity index (χ3v) is 7.30. The van der Waals surface area contributed by atoms with E-state index in [4.69, 9.17) is 21.8 Å². The summed E-state index contributed by atoms with van der Waals surface area (Å²) < 4.78 is 2.09. The molecule has 1 aliphatic heterocycles. The van der Waals surface area contributed by atoms with Gasteiger partial charge >= 0.3 is 6.03 Å². The summed E-state index contributed by atoms with van der Waals surface area (Å²) in [6.07, 6.45) is 2.27. The maximum absolute atomic E-state index is 13.9. The van der Waals surface area contributed by atoms with Crippen LogP contribution in [0.4, 0.5) is 10.5 Å². The van der Waals surface area contributed by atoms with Crippen molar-refractivity contribution >= 4 is 40.3 Å². The highest BCUT2D eigenvalue weighted by atomic mass is 35.5. The number of carbonyl (C=O) groups excluding carboxylic acids is 2. The molecule has 0 unspecified atom stereocenters. The Bertz CT molecular complexity index is 1370. The largest absolute Gasteiger partial charge is 0.336 e. The second-order valence-electron chi connectivity index (χ2n) is 9.94. The molecule has 1 saturated carbocycles. The fourth-order valence-electron chi connectivity index (χ4n) is 5.50. The summed E-state index contributed by atoms with van der Waals surface area (Å²) in [5, 5.41) is 15.5. The lowest BCUT2D eigenvalue weighted by atomic mass is 9.62. The van der Waals surface area contributed by atoms with E-state index in [1.165, 1.54) is 0 Å². The van der Waals surface area contributed by atoms with Gasteiger partial charge in [-0.2, -0.15) is 5.26 Å². The van der Waals surface area contributed by atoms with Crippen LogP contribution in [0.15, 0.2) is 42.5 Å². The van der Waals surface area contributed by atoms with Gasteiger partial charge in [-0.05, 0) is 62.9 Å². The highest BCUT2D eigenvalue weighted by Gasteiger charge is 2.58. The number of halogens is 1. The minimum absolute atomic E-state index is 0.0414. The van der Waals surface area contributed by atoms with E-state index in [2.05, 4.69) is 21.3 Å². The van der Waals surface area contributed by atoms with Crippen LogP contribution in [-0.2, 0) is 23.3 Å². The van der Waals surface area contributed by atoms with Crippen molar-refractivity contribution in [3.63, 3.8) is 0 Å². The third-order valence-electron chi connectivity index (χ3n) is 7.07. The summed E-state index contributed by atoms with van der Waals surface area (Å²) in [6, 6.07) is 15.5. The second-order valence-corrected chi connectivity index (χ2v) is 10.4. The van der Waals surface area contributed by atoms with Gasteiger partial charge in [0.2, 0.25) is 5.91 Å². The number of carbonyl (C=O) groups is 2. The summed E-state index contributed by atoms with van der Waals surface area (Å²) in [4.78, 5) is 32.8. The Morgan fingerprint density at radius 3 is 2.81 bits per heavy atom. The van der Waals surface area contributed by atoms with Crippen LogP contribution in [0, 0.1) is 11.3 Å². The molecule has 1 fully saturated rings. The minimum atomic E-state index is -0.632. The molecule has 36 heavy (non-hydrogen) atoms. The van der Waals surface area contributed by atoms with Gasteiger partial charge in [0.1, 0.15) is 5.82 Å². The highest BCUT2D eigenvalue weighted by molar-refractivity contribution is 6.31. The number of hydrogen-bond donors (Lipinski definition) is 2. The molecule has 0 bridgehead atoms. The third kappa shape index (κ3) is 4.18. The Kier molecular flexibility index (Phi) is 6.35. The highest BCUT2D eigenvalue weighted by Crippen LogP contribution is 2.53. The van der Waals surface area contributed by atoms with Crippen LogP contribution in [0.1, 0.15) is 50.9 Å². The van der Waals surface area contributed by atoms with Gasteiger partial charge in [-0.1, -0.05) is 29.8 Å². The summed E-state index contributed by atoms with van der Waals surface area (Å²) >= 11 is 6.22. The number of anilines is 1. The number of imidazole rings is 1. The van der Waals surface area contributed by atoms with Gasteiger partial charge in [-0.3, -0.25) is 4.79 Å². The van der Waals surface area contributed by atoms with E-state index in [0.29, 0.717) is 43.8 Å². The minimum Gasteiger partial charge on any atom is -0.336 e. The van der Waals surface area contributed by atoms with Gasteiger partial charge in [-0.25, -0.2) is 9.78 Å². The molecule has 9 heteroatoms. The van der Waals surface area contributed by atoms with E-state index in [0.717, 1.165) is 28.1 Å². The van der Waals surface area contributed by atoms with E-state index >= 15 is 0 Å². The van der Waals surface area contributed by atoms with Crippen LogP contribution >= 0.6 is 11.6 Å². The van der Waals surface area contributed by atoms with Crippen LogP contribution in [0.25, 0.3) is 11.0 Å². The van der Waals surface area contributed by atoms with E-state index < -0.39 is 5.41 Å². The number of nitriles is 1. The average molecular weight is 505 g/mol. The van der Waals surface area contributed by atoms with Gasteiger partial charge in [0.25, 0.3) is 0 Å². The molecule has 2 heterocycles. The van der Waals surface area contributed by atoms with Crippen LogP contribution < -0.4 is 15.5 Å². The monoisotopic (exact) mass is 504 g/mol. The molecule has 0 radical (unpaired) electrons. The first-order valence-corrected chi connectivity index (χ1v) is 12.7. The maximum atomic E-state index is 13.9. The SMILES string of the molecule is CC(C)NC(=O)N[C@H]1C[C@]2(C1)C(=O)N(Cc1nc3cc(Cl)ccc3n1CCCC#N)c1ccccc12. The van der Waals surface area contributed by atoms with Crippen LogP contribution in [0.5, 0.6) is 0 Å².